The van der Waals surface area contributed by atoms with Crippen LogP contribution in [0.1, 0.15) is 17.0 Å². The Hall–Kier alpha value is -0.870. The largest absolute Gasteiger partial charge is 0.361 e. The molecule has 0 spiro atoms. The smallest absolute Gasteiger partial charge is 0.142 e. The minimum atomic E-state index is 0.630. The van der Waals surface area contributed by atoms with E-state index >= 15 is 0 Å². The summed E-state index contributed by atoms with van der Waals surface area (Å²) < 4.78 is 5.25. The molecular formula is C9H15N3O. The van der Waals surface area contributed by atoms with Crippen molar-refractivity contribution in [3.63, 3.8) is 0 Å². The lowest BCUT2D eigenvalue weighted by Crippen LogP contribution is -2.26. The zero-order valence-electron chi connectivity index (χ0n) is 7.92. The predicted octanol–water partition coefficient (Wildman–Crippen LogP) is 0.164. The highest BCUT2D eigenvalue weighted by Crippen LogP contribution is 2.21. The summed E-state index contributed by atoms with van der Waals surface area (Å²) in [6.45, 7) is 2.65. The second kappa shape index (κ2) is 3.47. The number of likely N-dealkylation sites (N-methyl/N-ethyl adjacent to an activating group) is 1. The van der Waals surface area contributed by atoms with Crippen LogP contribution in [-0.2, 0) is 19.4 Å². The summed E-state index contributed by atoms with van der Waals surface area (Å²) >= 11 is 0. The Balaban J connectivity index is 2.25. The van der Waals surface area contributed by atoms with Gasteiger partial charge in [-0.25, -0.2) is 0 Å². The van der Waals surface area contributed by atoms with Gasteiger partial charge in [-0.2, -0.15) is 0 Å². The summed E-state index contributed by atoms with van der Waals surface area (Å²) in [4.78, 5) is 2.28. The normalized spacial score (nSPS) is 17.4. The fourth-order valence-electron chi connectivity index (χ4n) is 1.73. The van der Waals surface area contributed by atoms with Crippen molar-refractivity contribution in [2.45, 2.75) is 19.4 Å². The molecule has 2 heterocycles. The molecule has 0 unspecified atom stereocenters. The first-order valence-electron chi connectivity index (χ1n) is 4.66. The minimum Gasteiger partial charge on any atom is -0.361 e. The van der Waals surface area contributed by atoms with Crippen molar-refractivity contribution in [2.24, 2.45) is 5.73 Å². The first-order chi connectivity index (χ1) is 6.31. The molecule has 1 aromatic rings. The third-order valence-corrected chi connectivity index (χ3v) is 2.48. The van der Waals surface area contributed by atoms with Gasteiger partial charge in [0, 0.05) is 31.5 Å². The molecule has 0 fully saturated rings. The van der Waals surface area contributed by atoms with E-state index in [0.29, 0.717) is 6.54 Å². The van der Waals surface area contributed by atoms with Crippen LogP contribution in [0.3, 0.4) is 0 Å². The predicted molar refractivity (Wildman–Crippen MR) is 49.3 cm³/mol. The zero-order valence-corrected chi connectivity index (χ0v) is 7.92. The van der Waals surface area contributed by atoms with E-state index in [2.05, 4.69) is 17.1 Å². The van der Waals surface area contributed by atoms with Gasteiger partial charge in [0.15, 0.2) is 0 Å². The Morgan fingerprint density at radius 1 is 1.62 bits per heavy atom. The van der Waals surface area contributed by atoms with Crippen LogP contribution in [0.5, 0.6) is 0 Å². The average molecular weight is 181 g/mol. The van der Waals surface area contributed by atoms with E-state index in [9.17, 15) is 0 Å². The minimum absolute atomic E-state index is 0.630. The van der Waals surface area contributed by atoms with Crippen LogP contribution >= 0.6 is 0 Å². The summed E-state index contributed by atoms with van der Waals surface area (Å²) in [7, 11) is 2.11. The molecule has 0 saturated heterocycles. The summed E-state index contributed by atoms with van der Waals surface area (Å²) in [5.41, 5.74) is 7.88. The lowest BCUT2D eigenvalue weighted by Gasteiger charge is -2.20. The van der Waals surface area contributed by atoms with Crippen molar-refractivity contribution >= 4 is 0 Å². The molecular weight excluding hydrogens is 166 g/mol. The molecule has 0 aliphatic carbocycles. The van der Waals surface area contributed by atoms with Gasteiger partial charge in [0.25, 0.3) is 0 Å². The highest BCUT2D eigenvalue weighted by Gasteiger charge is 2.20. The standard InChI is InChI=1S/C9H15N3O/c1-12-5-3-8-7(6-12)9(2-4-10)13-11-8/h2-6,10H2,1H3. The topological polar surface area (TPSA) is 55.3 Å². The van der Waals surface area contributed by atoms with Crippen molar-refractivity contribution in [1.82, 2.24) is 10.1 Å². The van der Waals surface area contributed by atoms with Crippen molar-refractivity contribution in [1.29, 1.82) is 0 Å². The summed E-state index contributed by atoms with van der Waals surface area (Å²) in [5.74, 6) is 0.976. The molecule has 0 atom stereocenters. The van der Waals surface area contributed by atoms with Crippen molar-refractivity contribution in [3.8, 4) is 0 Å². The molecule has 0 amide bonds. The van der Waals surface area contributed by atoms with E-state index in [-0.39, 0.29) is 0 Å². The Bertz CT molecular complexity index is 295. The molecule has 2 N–H and O–H groups in total. The molecule has 1 aliphatic rings. The highest BCUT2D eigenvalue weighted by atomic mass is 16.5. The van der Waals surface area contributed by atoms with E-state index in [4.69, 9.17) is 10.3 Å². The molecule has 2 rings (SSSR count). The number of fused-ring (bicyclic) bond motifs is 1. The molecule has 72 valence electrons. The van der Waals surface area contributed by atoms with Crippen LogP contribution in [0.25, 0.3) is 0 Å². The maximum atomic E-state index is 5.49. The number of nitrogens with zero attached hydrogens (tertiary/aromatic N) is 2. The summed E-state index contributed by atoms with van der Waals surface area (Å²) in [6.07, 6.45) is 1.80. The molecule has 13 heavy (non-hydrogen) atoms. The van der Waals surface area contributed by atoms with Gasteiger partial charge in [0.05, 0.1) is 5.69 Å². The molecule has 1 aromatic heterocycles. The van der Waals surface area contributed by atoms with Gasteiger partial charge in [-0.1, -0.05) is 5.16 Å². The fourth-order valence-corrected chi connectivity index (χ4v) is 1.73. The second-order valence-electron chi connectivity index (χ2n) is 3.56. The van der Waals surface area contributed by atoms with E-state index in [1.54, 1.807) is 0 Å². The molecule has 4 heteroatoms. The van der Waals surface area contributed by atoms with E-state index in [1.807, 2.05) is 0 Å². The van der Waals surface area contributed by atoms with Gasteiger partial charge in [-0.05, 0) is 13.6 Å². The second-order valence-corrected chi connectivity index (χ2v) is 3.56. The van der Waals surface area contributed by atoms with Gasteiger partial charge >= 0.3 is 0 Å². The number of rotatable bonds is 2. The Morgan fingerprint density at radius 3 is 3.23 bits per heavy atom. The third kappa shape index (κ3) is 1.59. The Labute approximate surface area is 77.7 Å². The van der Waals surface area contributed by atoms with Crippen molar-refractivity contribution < 1.29 is 4.52 Å². The average Bonchev–Trinajstić information content (AvgIpc) is 2.49. The molecule has 1 aliphatic heterocycles. The number of hydrogen-bond donors (Lipinski definition) is 1. The van der Waals surface area contributed by atoms with Gasteiger partial charge in [0.1, 0.15) is 5.76 Å². The summed E-state index contributed by atoms with van der Waals surface area (Å²) in [5, 5.41) is 4.05. The first kappa shape index (κ1) is 8.72. The van der Waals surface area contributed by atoms with Crippen LogP contribution in [0, 0.1) is 0 Å². The lowest BCUT2D eigenvalue weighted by atomic mass is 10.1. The van der Waals surface area contributed by atoms with E-state index in [0.717, 1.165) is 37.4 Å². The Kier molecular flexibility index (Phi) is 2.33. The molecule has 0 aromatic carbocycles. The summed E-state index contributed by atoms with van der Waals surface area (Å²) in [6, 6.07) is 0. The quantitative estimate of drug-likeness (QED) is 0.706. The van der Waals surface area contributed by atoms with Crippen LogP contribution in [0.15, 0.2) is 4.52 Å². The van der Waals surface area contributed by atoms with E-state index in [1.165, 1.54) is 5.56 Å². The Morgan fingerprint density at radius 2 is 2.46 bits per heavy atom. The molecule has 4 nitrogen and oxygen atoms in total. The monoisotopic (exact) mass is 181 g/mol. The van der Waals surface area contributed by atoms with Gasteiger partial charge in [0.2, 0.25) is 0 Å². The number of aromatic nitrogens is 1. The van der Waals surface area contributed by atoms with Crippen LogP contribution in [0.2, 0.25) is 0 Å². The fraction of sp³-hybridized carbons (Fsp3) is 0.667. The van der Waals surface area contributed by atoms with Crippen LogP contribution < -0.4 is 5.73 Å². The SMILES string of the molecule is CN1CCc2noc(CCN)c2C1. The van der Waals surface area contributed by atoms with Crippen molar-refractivity contribution in [2.75, 3.05) is 20.1 Å². The highest BCUT2D eigenvalue weighted by molar-refractivity contribution is 5.25. The van der Waals surface area contributed by atoms with Crippen LogP contribution in [0.4, 0.5) is 0 Å². The third-order valence-electron chi connectivity index (χ3n) is 2.48. The maximum Gasteiger partial charge on any atom is 0.142 e. The molecule has 0 radical (unpaired) electrons. The van der Waals surface area contributed by atoms with Crippen LogP contribution in [-0.4, -0.2) is 30.2 Å². The lowest BCUT2D eigenvalue weighted by molar-refractivity contribution is 0.310. The van der Waals surface area contributed by atoms with E-state index < -0.39 is 0 Å². The van der Waals surface area contributed by atoms with Gasteiger partial charge in [-0.15, -0.1) is 0 Å². The first-order valence-corrected chi connectivity index (χ1v) is 4.66. The maximum absolute atomic E-state index is 5.49. The zero-order chi connectivity index (χ0) is 9.26. The van der Waals surface area contributed by atoms with Gasteiger partial charge < -0.3 is 15.2 Å². The molecule has 0 saturated carbocycles. The number of hydrogen-bond acceptors (Lipinski definition) is 4. The van der Waals surface area contributed by atoms with Crippen molar-refractivity contribution in [3.05, 3.63) is 17.0 Å². The number of nitrogens with two attached hydrogens (primary N) is 1. The van der Waals surface area contributed by atoms with Gasteiger partial charge in [-0.3, -0.25) is 0 Å². The molecule has 0 bridgehead atoms.